The van der Waals surface area contributed by atoms with Gasteiger partial charge in [-0.25, -0.2) is 4.79 Å². The maximum atomic E-state index is 13.1. The lowest BCUT2D eigenvalue weighted by Crippen LogP contribution is -2.56. The fourth-order valence-electron chi connectivity index (χ4n) is 4.11. The van der Waals surface area contributed by atoms with Crippen molar-refractivity contribution in [2.75, 3.05) is 19.7 Å². The minimum absolute atomic E-state index is 0.0145. The number of amides is 4. The number of benzene rings is 1. The van der Waals surface area contributed by atoms with Gasteiger partial charge in [0.1, 0.15) is 24.2 Å². The summed E-state index contributed by atoms with van der Waals surface area (Å²) in [7, 11) is 0. The lowest BCUT2D eigenvalue weighted by Gasteiger charge is -2.28. The fraction of sp³-hybridized carbons (Fsp3) is 0.560. The Hall–Kier alpha value is -3.51. The molecule has 0 bridgehead atoms. The normalized spacial score (nSPS) is 17.5. The second-order valence-electron chi connectivity index (χ2n) is 9.53. The number of nitrogens with one attached hydrogen (secondary N) is 3. The van der Waals surface area contributed by atoms with Crippen molar-refractivity contribution in [1.82, 2.24) is 20.9 Å². The van der Waals surface area contributed by atoms with Crippen molar-refractivity contribution in [1.29, 1.82) is 0 Å². The molecule has 1 fully saturated rings. The number of hydrogen-bond acceptors (Lipinski definition) is 7. The molecule has 204 valence electrons. The van der Waals surface area contributed by atoms with Gasteiger partial charge in [-0.2, -0.15) is 0 Å². The highest BCUT2D eigenvalue weighted by molar-refractivity contribution is 5.94. The van der Waals surface area contributed by atoms with Crippen LogP contribution in [-0.2, 0) is 30.4 Å². The molecular weight excluding hydrogens is 482 g/mol. The van der Waals surface area contributed by atoms with Crippen LogP contribution in [0.25, 0.3) is 0 Å². The molecule has 0 radical (unpaired) electrons. The number of nitrogens with two attached hydrogens (primary N) is 1. The summed E-state index contributed by atoms with van der Waals surface area (Å²) in [5.41, 5.74) is 6.17. The van der Waals surface area contributed by atoms with E-state index in [1.165, 1.54) is 4.90 Å². The number of rotatable bonds is 13. The Kier molecular flexibility index (Phi) is 11.5. The summed E-state index contributed by atoms with van der Waals surface area (Å²) < 4.78 is 0. The first-order valence-corrected chi connectivity index (χ1v) is 12.3. The summed E-state index contributed by atoms with van der Waals surface area (Å²) in [6.45, 7) is 3.10. The highest BCUT2D eigenvalue weighted by Crippen LogP contribution is 2.18. The predicted molar refractivity (Wildman–Crippen MR) is 134 cm³/mol. The van der Waals surface area contributed by atoms with Crippen LogP contribution in [0.1, 0.15) is 38.7 Å². The van der Waals surface area contributed by atoms with E-state index in [1.54, 1.807) is 30.3 Å². The van der Waals surface area contributed by atoms with Gasteiger partial charge in [0.15, 0.2) is 0 Å². The second kappa shape index (κ2) is 14.3. The summed E-state index contributed by atoms with van der Waals surface area (Å²) in [5.74, 6) is -3.50. The summed E-state index contributed by atoms with van der Waals surface area (Å²) in [6.07, 6.45) is 1.29. The molecule has 1 aliphatic rings. The molecule has 1 heterocycles. The van der Waals surface area contributed by atoms with Crippen molar-refractivity contribution in [3.05, 3.63) is 35.9 Å². The summed E-state index contributed by atoms with van der Waals surface area (Å²) >= 11 is 0. The number of nitrogens with zero attached hydrogens (tertiary/aromatic N) is 1. The van der Waals surface area contributed by atoms with E-state index in [2.05, 4.69) is 16.0 Å². The number of hydrogen-bond donors (Lipinski definition) is 6. The van der Waals surface area contributed by atoms with Crippen LogP contribution >= 0.6 is 0 Å². The molecule has 4 atom stereocenters. The van der Waals surface area contributed by atoms with Gasteiger partial charge in [0, 0.05) is 13.0 Å². The highest BCUT2D eigenvalue weighted by Gasteiger charge is 2.36. The van der Waals surface area contributed by atoms with Crippen molar-refractivity contribution in [2.45, 2.75) is 63.7 Å². The lowest BCUT2D eigenvalue weighted by atomic mass is 10.0. The second-order valence-corrected chi connectivity index (χ2v) is 9.53. The molecule has 0 saturated carbocycles. The zero-order valence-electron chi connectivity index (χ0n) is 21.2. The van der Waals surface area contributed by atoms with Crippen molar-refractivity contribution < 1.29 is 34.2 Å². The third-order valence-corrected chi connectivity index (χ3v) is 6.06. The van der Waals surface area contributed by atoms with Gasteiger partial charge in [-0.15, -0.1) is 0 Å². The Labute approximate surface area is 216 Å². The molecule has 37 heavy (non-hydrogen) atoms. The fourth-order valence-corrected chi connectivity index (χ4v) is 4.11. The standard InChI is InChI=1S/C25H37N5O7/c1-15(2)11-18(23(34)29-19(25(36)37)12-16-7-4-3-5-8-16)28-24(35)20-9-6-10-30(20)21(32)13-27-22(33)17(26)14-31/h3-5,7-8,15,17-20,31H,6,9-14,26H2,1-2H3,(H,27,33)(H,28,35)(H,29,34)(H,36,37)/t17-,18-,19-,20-/m0/s1. The van der Waals surface area contributed by atoms with E-state index >= 15 is 0 Å². The van der Waals surface area contributed by atoms with Crippen LogP contribution in [0.5, 0.6) is 0 Å². The summed E-state index contributed by atoms with van der Waals surface area (Å²) in [6, 6.07) is 4.72. The number of carboxylic acid groups (broad SMARTS) is 1. The van der Waals surface area contributed by atoms with Gasteiger partial charge < -0.3 is 36.8 Å². The van der Waals surface area contributed by atoms with Crippen LogP contribution in [-0.4, -0.2) is 88.6 Å². The quantitative estimate of drug-likeness (QED) is 0.186. The van der Waals surface area contributed by atoms with Crippen molar-refractivity contribution in [2.24, 2.45) is 11.7 Å². The SMILES string of the molecule is CC(C)C[C@H](NC(=O)[C@@H]1CCCN1C(=O)CNC(=O)[C@@H](N)CO)C(=O)N[C@@H](Cc1ccccc1)C(=O)O. The van der Waals surface area contributed by atoms with Gasteiger partial charge in [-0.1, -0.05) is 44.2 Å². The number of carbonyl (C=O) groups excluding carboxylic acids is 4. The average Bonchev–Trinajstić information content (AvgIpc) is 3.36. The van der Waals surface area contributed by atoms with Gasteiger partial charge in [-0.3, -0.25) is 19.2 Å². The Morgan fingerprint density at radius 2 is 1.73 bits per heavy atom. The molecule has 1 aromatic carbocycles. The Bertz CT molecular complexity index is 956. The minimum Gasteiger partial charge on any atom is -0.480 e. The van der Waals surface area contributed by atoms with Crippen LogP contribution in [0.15, 0.2) is 30.3 Å². The molecule has 1 saturated heterocycles. The molecule has 0 unspecified atom stereocenters. The minimum atomic E-state index is -1.19. The van der Waals surface area contributed by atoms with E-state index in [0.29, 0.717) is 19.4 Å². The van der Waals surface area contributed by atoms with Gasteiger partial charge in [0.25, 0.3) is 0 Å². The Morgan fingerprint density at radius 1 is 1.05 bits per heavy atom. The smallest absolute Gasteiger partial charge is 0.326 e. The van der Waals surface area contributed by atoms with Crippen LogP contribution in [0.3, 0.4) is 0 Å². The third kappa shape index (κ3) is 9.14. The number of carbonyl (C=O) groups is 5. The number of aliphatic carboxylic acids is 1. The maximum absolute atomic E-state index is 13.1. The van der Waals surface area contributed by atoms with E-state index in [-0.39, 0.29) is 25.3 Å². The highest BCUT2D eigenvalue weighted by atomic mass is 16.4. The molecule has 0 aliphatic carbocycles. The number of aliphatic hydroxyl groups excluding tert-OH is 1. The lowest BCUT2D eigenvalue weighted by molar-refractivity contribution is -0.143. The summed E-state index contributed by atoms with van der Waals surface area (Å²) in [5, 5.41) is 26.2. The number of carboxylic acids is 1. The monoisotopic (exact) mass is 519 g/mol. The molecule has 0 aromatic heterocycles. The van der Waals surface area contributed by atoms with Gasteiger partial charge in [-0.05, 0) is 30.7 Å². The molecule has 2 rings (SSSR count). The third-order valence-electron chi connectivity index (χ3n) is 6.06. The summed E-state index contributed by atoms with van der Waals surface area (Å²) in [4.78, 5) is 63.7. The van der Waals surface area contributed by atoms with Gasteiger partial charge in [0.05, 0.1) is 13.2 Å². The topological polar surface area (TPSA) is 191 Å². The van der Waals surface area contributed by atoms with E-state index in [0.717, 1.165) is 5.56 Å². The molecule has 0 spiro atoms. The molecule has 4 amide bonds. The van der Waals surface area contributed by atoms with Crippen LogP contribution in [0.2, 0.25) is 0 Å². The first kappa shape index (κ1) is 29.7. The molecule has 12 nitrogen and oxygen atoms in total. The maximum Gasteiger partial charge on any atom is 0.326 e. The predicted octanol–water partition coefficient (Wildman–Crippen LogP) is -1.24. The Morgan fingerprint density at radius 3 is 2.32 bits per heavy atom. The van der Waals surface area contributed by atoms with Gasteiger partial charge >= 0.3 is 5.97 Å². The zero-order chi connectivity index (χ0) is 27.5. The van der Waals surface area contributed by atoms with E-state index in [9.17, 15) is 29.1 Å². The van der Waals surface area contributed by atoms with E-state index in [1.807, 2.05) is 13.8 Å². The molecule has 7 N–H and O–H groups in total. The molecule has 12 heteroatoms. The van der Waals surface area contributed by atoms with Crippen molar-refractivity contribution in [3.8, 4) is 0 Å². The molecular formula is C25H37N5O7. The van der Waals surface area contributed by atoms with Crippen LogP contribution in [0, 0.1) is 5.92 Å². The largest absolute Gasteiger partial charge is 0.480 e. The van der Waals surface area contributed by atoms with Crippen molar-refractivity contribution in [3.63, 3.8) is 0 Å². The van der Waals surface area contributed by atoms with Crippen LogP contribution < -0.4 is 21.7 Å². The van der Waals surface area contributed by atoms with Crippen molar-refractivity contribution >= 4 is 29.6 Å². The zero-order valence-corrected chi connectivity index (χ0v) is 21.2. The Balaban J connectivity index is 2.05. The average molecular weight is 520 g/mol. The van der Waals surface area contributed by atoms with Crippen LogP contribution in [0.4, 0.5) is 0 Å². The first-order chi connectivity index (χ1) is 17.5. The number of aliphatic hydroxyl groups is 1. The van der Waals surface area contributed by atoms with Gasteiger partial charge in [0.2, 0.25) is 23.6 Å². The number of likely N-dealkylation sites (tertiary alicyclic amines) is 1. The van der Waals surface area contributed by atoms with E-state index < -0.39 is 60.4 Å². The van der Waals surface area contributed by atoms with E-state index in [4.69, 9.17) is 10.8 Å². The molecule has 1 aromatic rings. The first-order valence-electron chi connectivity index (χ1n) is 12.3. The molecule has 1 aliphatic heterocycles.